The SMILES string of the molecule is CCOC(=O)[C@H]1C(=O)C=C(c2ccc(C)cc2)C[C@H]1c1ccc(C)cc1. The molecule has 0 bridgehead atoms. The number of benzene rings is 2. The highest BCUT2D eigenvalue weighted by molar-refractivity contribution is 6.10. The highest BCUT2D eigenvalue weighted by atomic mass is 16.5. The third-order valence-corrected chi connectivity index (χ3v) is 4.93. The summed E-state index contributed by atoms with van der Waals surface area (Å²) >= 11 is 0. The number of carbonyl (C=O) groups is 2. The quantitative estimate of drug-likeness (QED) is 0.598. The Morgan fingerprint density at radius 1 is 1.00 bits per heavy atom. The smallest absolute Gasteiger partial charge is 0.317 e. The minimum Gasteiger partial charge on any atom is -0.465 e. The van der Waals surface area contributed by atoms with Crippen LogP contribution in [0.25, 0.3) is 5.57 Å². The Morgan fingerprint density at radius 3 is 2.15 bits per heavy atom. The molecule has 0 aliphatic heterocycles. The molecule has 3 nitrogen and oxygen atoms in total. The zero-order chi connectivity index (χ0) is 18.7. The number of carbonyl (C=O) groups excluding carboxylic acids is 2. The first kappa shape index (κ1) is 18.1. The molecule has 0 heterocycles. The molecule has 0 N–H and O–H groups in total. The Balaban J connectivity index is 2.01. The van der Waals surface area contributed by atoms with Crippen LogP contribution >= 0.6 is 0 Å². The molecule has 1 aliphatic rings. The number of hydrogen-bond donors (Lipinski definition) is 0. The van der Waals surface area contributed by atoms with E-state index in [0.29, 0.717) is 6.42 Å². The number of hydrogen-bond acceptors (Lipinski definition) is 3. The average Bonchev–Trinajstić information content (AvgIpc) is 2.62. The molecule has 1 aliphatic carbocycles. The van der Waals surface area contributed by atoms with Crippen molar-refractivity contribution in [1.29, 1.82) is 0 Å². The predicted octanol–water partition coefficient (Wildman–Crippen LogP) is 4.62. The normalized spacial score (nSPS) is 19.8. The number of aryl methyl sites for hydroxylation is 2. The van der Waals surface area contributed by atoms with Gasteiger partial charge in [0.15, 0.2) is 5.78 Å². The van der Waals surface area contributed by atoms with Crippen LogP contribution in [0, 0.1) is 19.8 Å². The summed E-state index contributed by atoms with van der Waals surface area (Å²) in [6.07, 6.45) is 2.26. The van der Waals surface area contributed by atoms with E-state index < -0.39 is 11.9 Å². The van der Waals surface area contributed by atoms with E-state index in [2.05, 4.69) is 0 Å². The van der Waals surface area contributed by atoms with Crippen LogP contribution in [0.2, 0.25) is 0 Å². The molecular weight excluding hydrogens is 324 g/mol. The van der Waals surface area contributed by atoms with Gasteiger partial charge in [-0.15, -0.1) is 0 Å². The van der Waals surface area contributed by atoms with E-state index in [9.17, 15) is 9.59 Å². The molecular formula is C23H24O3. The minimum absolute atomic E-state index is 0.171. The van der Waals surface area contributed by atoms with Gasteiger partial charge in [-0.3, -0.25) is 9.59 Å². The molecule has 3 heteroatoms. The second-order valence-electron chi connectivity index (χ2n) is 6.89. The van der Waals surface area contributed by atoms with E-state index in [1.807, 2.05) is 62.4 Å². The van der Waals surface area contributed by atoms with Crippen LogP contribution in [0.15, 0.2) is 54.6 Å². The van der Waals surface area contributed by atoms with Crippen LogP contribution in [0.1, 0.15) is 41.5 Å². The highest BCUT2D eigenvalue weighted by Gasteiger charge is 2.39. The van der Waals surface area contributed by atoms with Gasteiger partial charge in [0.25, 0.3) is 0 Å². The molecule has 2 atom stereocenters. The summed E-state index contributed by atoms with van der Waals surface area (Å²) in [5, 5.41) is 0. The van der Waals surface area contributed by atoms with Gasteiger partial charge >= 0.3 is 5.97 Å². The van der Waals surface area contributed by atoms with Gasteiger partial charge in [-0.2, -0.15) is 0 Å². The summed E-state index contributed by atoms with van der Waals surface area (Å²) in [6.45, 7) is 6.10. The van der Waals surface area contributed by atoms with E-state index in [1.54, 1.807) is 13.0 Å². The standard InChI is InChI=1S/C23H24O3/c1-4-26-23(25)22-20(18-11-7-16(3)8-12-18)13-19(14-21(22)24)17-9-5-15(2)6-10-17/h5-12,14,20,22H,4,13H2,1-3H3/t20-,22+/m0/s1. The van der Waals surface area contributed by atoms with Gasteiger partial charge in [-0.05, 0) is 50.0 Å². The molecule has 0 radical (unpaired) electrons. The Kier molecular flexibility index (Phi) is 5.36. The molecule has 26 heavy (non-hydrogen) atoms. The second kappa shape index (κ2) is 7.69. The Labute approximate surface area is 154 Å². The first-order chi connectivity index (χ1) is 12.5. The van der Waals surface area contributed by atoms with Crippen molar-refractivity contribution in [3.05, 3.63) is 76.9 Å². The topological polar surface area (TPSA) is 43.4 Å². The maximum atomic E-state index is 12.8. The summed E-state index contributed by atoms with van der Waals surface area (Å²) in [7, 11) is 0. The molecule has 0 unspecified atom stereocenters. The number of allylic oxidation sites excluding steroid dienone is 2. The third kappa shape index (κ3) is 3.77. The highest BCUT2D eigenvalue weighted by Crippen LogP contribution is 2.40. The number of rotatable bonds is 4. The Hall–Kier alpha value is -2.68. The number of ether oxygens (including phenoxy) is 1. The molecule has 0 aromatic heterocycles. The summed E-state index contributed by atoms with van der Waals surface area (Å²) in [6, 6.07) is 16.2. The average molecular weight is 348 g/mol. The minimum atomic E-state index is -0.771. The van der Waals surface area contributed by atoms with Crippen LogP contribution in [-0.2, 0) is 14.3 Å². The van der Waals surface area contributed by atoms with Crippen molar-refractivity contribution in [2.24, 2.45) is 5.92 Å². The first-order valence-electron chi connectivity index (χ1n) is 9.04. The molecule has 3 rings (SSSR count). The van der Waals surface area contributed by atoms with Crippen molar-refractivity contribution in [1.82, 2.24) is 0 Å². The van der Waals surface area contributed by atoms with E-state index in [0.717, 1.165) is 22.3 Å². The summed E-state index contributed by atoms with van der Waals surface area (Å²) in [5.41, 5.74) is 5.33. The lowest BCUT2D eigenvalue weighted by Gasteiger charge is -2.29. The zero-order valence-corrected chi connectivity index (χ0v) is 15.5. The van der Waals surface area contributed by atoms with Gasteiger partial charge in [-0.1, -0.05) is 59.7 Å². The predicted molar refractivity (Wildman–Crippen MR) is 103 cm³/mol. The molecule has 0 spiro atoms. The Morgan fingerprint density at radius 2 is 1.58 bits per heavy atom. The van der Waals surface area contributed by atoms with Crippen molar-refractivity contribution < 1.29 is 14.3 Å². The fourth-order valence-corrected chi connectivity index (χ4v) is 3.48. The molecule has 0 saturated carbocycles. The first-order valence-corrected chi connectivity index (χ1v) is 9.04. The van der Waals surface area contributed by atoms with E-state index in [4.69, 9.17) is 4.74 Å². The maximum absolute atomic E-state index is 12.8. The lowest BCUT2D eigenvalue weighted by molar-refractivity contribution is -0.151. The van der Waals surface area contributed by atoms with Gasteiger partial charge in [0, 0.05) is 5.92 Å². The van der Waals surface area contributed by atoms with E-state index >= 15 is 0 Å². The Bertz CT molecular complexity index is 829. The monoisotopic (exact) mass is 348 g/mol. The molecule has 2 aromatic carbocycles. The summed E-state index contributed by atoms with van der Waals surface area (Å²) in [4.78, 5) is 25.3. The number of ketones is 1. The van der Waals surface area contributed by atoms with Crippen LogP contribution in [0.5, 0.6) is 0 Å². The third-order valence-electron chi connectivity index (χ3n) is 4.93. The van der Waals surface area contributed by atoms with Crippen molar-refractivity contribution in [2.75, 3.05) is 6.61 Å². The van der Waals surface area contributed by atoms with Gasteiger partial charge in [0.05, 0.1) is 6.61 Å². The van der Waals surface area contributed by atoms with Crippen molar-refractivity contribution in [3.8, 4) is 0 Å². The fourth-order valence-electron chi connectivity index (χ4n) is 3.48. The van der Waals surface area contributed by atoms with Crippen LogP contribution in [-0.4, -0.2) is 18.4 Å². The van der Waals surface area contributed by atoms with Gasteiger partial charge < -0.3 is 4.74 Å². The van der Waals surface area contributed by atoms with E-state index in [-0.39, 0.29) is 18.3 Å². The lowest BCUT2D eigenvalue weighted by atomic mass is 9.73. The van der Waals surface area contributed by atoms with Crippen LogP contribution < -0.4 is 0 Å². The number of esters is 1. The lowest BCUT2D eigenvalue weighted by Crippen LogP contribution is -2.34. The van der Waals surface area contributed by atoms with Crippen molar-refractivity contribution in [2.45, 2.75) is 33.1 Å². The van der Waals surface area contributed by atoms with Gasteiger partial charge in [0.1, 0.15) is 5.92 Å². The second-order valence-corrected chi connectivity index (χ2v) is 6.89. The molecule has 134 valence electrons. The summed E-state index contributed by atoms with van der Waals surface area (Å²) < 4.78 is 5.19. The molecule has 2 aromatic rings. The maximum Gasteiger partial charge on any atom is 0.317 e. The van der Waals surface area contributed by atoms with Gasteiger partial charge in [0.2, 0.25) is 0 Å². The van der Waals surface area contributed by atoms with Gasteiger partial charge in [-0.25, -0.2) is 0 Å². The molecule has 0 fully saturated rings. The van der Waals surface area contributed by atoms with Crippen LogP contribution in [0.4, 0.5) is 0 Å². The largest absolute Gasteiger partial charge is 0.465 e. The van der Waals surface area contributed by atoms with Crippen molar-refractivity contribution >= 4 is 17.3 Å². The zero-order valence-electron chi connectivity index (χ0n) is 15.5. The van der Waals surface area contributed by atoms with Crippen LogP contribution in [0.3, 0.4) is 0 Å². The summed E-state index contributed by atoms with van der Waals surface area (Å²) in [5.74, 6) is -1.58. The fraction of sp³-hybridized carbons (Fsp3) is 0.304. The van der Waals surface area contributed by atoms with Crippen molar-refractivity contribution in [3.63, 3.8) is 0 Å². The van der Waals surface area contributed by atoms with E-state index in [1.165, 1.54) is 5.56 Å². The molecule has 0 amide bonds. The molecule has 0 saturated heterocycles.